The van der Waals surface area contributed by atoms with E-state index in [0.717, 1.165) is 18.2 Å². The van der Waals surface area contributed by atoms with Gasteiger partial charge in [0.1, 0.15) is 10.7 Å². The van der Waals surface area contributed by atoms with Crippen molar-refractivity contribution in [2.24, 2.45) is 5.41 Å². The number of sulfonamides is 1. The highest BCUT2D eigenvalue weighted by Crippen LogP contribution is 2.46. The van der Waals surface area contributed by atoms with Crippen LogP contribution in [0.2, 0.25) is 5.02 Å². The number of benzene rings is 1. The van der Waals surface area contributed by atoms with Gasteiger partial charge in [0, 0.05) is 19.6 Å². The molecule has 6 nitrogen and oxygen atoms in total. The predicted molar refractivity (Wildman–Crippen MR) is 76.5 cm³/mol. The molecule has 25 heavy (non-hydrogen) atoms. The summed E-state index contributed by atoms with van der Waals surface area (Å²) < 4.78 is 80.9. The monoisotopic (exact) mass is 402 g/mol. The van der Waals surface area contributed by atoms with Crippen LogP contribution in [0, 0.1) is 11.2 Å². The maximum absolute atomic E-state index is 13.1. The second-order valence-corrected chi connectivity index (χ2v) is 8.11. The third-order valence-electron chi connectivity index (χ3n) is 4.14. The molecule has 1 aromatic carbocycles. The summed E-state index contributed by atoms with van der Waals surface area (Å²) in [4.78, 5) is 10.7. The fourth-order valence-electron chi connectivity index (χ4n) is 2.77. The molecule has 138 valence electrons. The Morgan fingerprint density at radius 1 is 1.36 bits per heavy atom. The van der Waals surface area contributed by atoms with Gasteiger partial charge in [-0.15, -0.1) is 0 Å². The molecule has 0 bridgehead atoms. The molecule has 1 spiro atoms. The number of halogens is 5. The molecule has 0 amide bonds. The zero-order valence-corrected chi connectivity index (χ0v) is 13.9. The van der Waals surface area contributed by atoms with Gasteiger partial charge in [0.15, 0.2) is 6.23 Å². The lowest BCUT2D eigenvalue weighted by Gasteiger charge is -2.59. The fraction of sp³-hybridized carbons (Fsp3) is 0.462. The van der Waals surface area contributed by atoms with Crippen LogP contribution in [0.4, 0.5) is 17.6 Å². The van der Waals surface area contributed by atoms with Gasteiger partial charge in [0.2, 0.25) is 10.0 Å². The molecule has 1 atom stereocenters. The molecule has 0 aliphatic carbocycles. The number of nitrogens with one attached hydrogen (secondary N) is 1. The van der Waals surface area contributed by atoms with Crippen molar-refractivity contribution in [3.63, 3.8) is 0 Å². The molecule has 2 heterocycles. The maximum Gasteiger partial charge on any atom is 0.490 e. The minimum Gasteiger partial charge on any atom is -0.438 e. The molecule has 2 aliphatic heterocycles. The molecule has 0 saturated carbocycles. The Bertz CT molecular complexity index is 826. The van der Waals surface area contributed by atoms with Crippen LogP contribution in [0.5, 0.6) is 0 Å². The van der Waals surface area contributed by atoms with Crippen molar-refractivity contribution in [1.82, 2.24) is 9.62 Å². The van der Waals surface area contributed by atoms with E-state index >= 15 is 0 Å². The van der Waals surface area contributed by atoms with E-state index < -0.39 is 49.5 Å². The molecular formula is C13H11ClF4N2O4S. The van der Waals surface area contributed by atoms with Crippen molar-refractivity contribution in [2.75, 3.05) is 19.6 Å². The first-order valence-corrected chi connectivity index (χ1v) is 8.75. The molecule has 0 aromatic heterocycles. The Balaban J connectivity index is 1.91. The first-order valence-electron chi connectivity index (χ1n) is 6.93. The molecule has 2 saturated heterocycles. The van der Waals surface area contributed by atoms with Gasteiger partial charge < -0.3 is 10.1 Å². The summed E-state index contributed by atoms with van der Waals surface area (Å²) in [6.07, 6.45) is -6.87. The minimum absolute atomic E-state index is 0.147. The van der Waals surface area contributed by atoms with Crippen molar-refractivity contribution >= 4 is 27.6 Å². The van der Waals surface area contributed by atoms with Crippen molar-refractivity contribution < 1.29 is 35.5 Å². The first kappa shape index (κ1) is 18.4. The van der Waals surface area contributed by atoms with Crippen molar-refractivity contribution in [1.29, 1.82) is 0 Å². The number of carbonyl (C=O) groups is 1. The first-order chi connectivity index (χ1) is 11.5. The molecule has 2 fully saturated rings. The zero-order valence-electron chi connectivity index (χ0n) is 12.3. The Kier molecular flexibility index (Phi) is 4.26. The molecule has 1 N–H and O–H groups in total. The van der Waals surface area contributed by atoms with Crippen molar-refractivity contribution in [3.05, 3.63) is 29.0 Å². The maximum atomic E-state index is 13.1. The van der Waals surface area contributed by atoms with E-state index in [0.29, 0.717) is 4.31 Å². The van der Waals surface area contributed by atoms with E-state index in [1.54, 1.807) is 0 Å². The van der Waals surface area contributed by atoms with Crippen LogP contribution in [0.3, 0.4) is 0 Å². The van der Waals surface area contributed by atoms with Crippen LogP contribution in [-0.4, -0.2) is 50.7 Å². The highest BCUT2D eigenvalue weighted by atomic mass is 35.5. The average molecular weight is 403 g/mol. The van der Waals surface area contributed by atoms with E-state index in [4.69, 9.17) is 11.6 Å². The number of alkyl halides is 3. The number of carbonyl (C=O) groups excluding carboxylic acids is 1. The second kappa shape index (κ2) is 5.79. The van der Waals surface area contributed by atoms with Crippen molar-refractivity contribution in [2.45, 2.75) is 17.3 Å². The topological polar surface area (TPSA) is 75.7 Å². The summed E-state index contributed by atoms with van der Waals surface area (Å²) in [6.45, 7) is 0.254. The van der Waals surface area contributed by atoms with Gasteiger partial charge in [-0.3, -0.25) is 0 Å². The van der Waals surface area contributed by atoms with Crippen LogP contribution in [0.1, 0.15) is 0 Å². The molecule has 2 aliphatic rings. The number of nitrogens with zero attached hydrogens (tertiary/aromatic N) is 1. The quantitative estimate of drug-likeness (QED) is 0.612. The number of esters is 1. The van der Waals surface area contributed by atoms with Gasteiger partial charge in [0.05, 0.1) is 10.4 Å². The normalized spacial score (nSPS) is 23.0. The van der Waals surface area contributed by atoms with Crippen LogP contribution in [-0.2, 0) is 19.6 Å². The van der Waals surface area contributed by atoms with Gasteiger partial charge in [-0.25, -0.2) is 17.6 Å². The lowest BCUT2D eigenvalue weighted by molar-refractivity contribution is -0.243. The van der Waals surface area contributed by atoms with Crippen LogP contribution >= 0.6 is 11.6 Å². The summed E-state index contributed by atoms with van der Waals surface area (Å²) in [6, 6.07) is 2.53. The zero-order chi connectivity index (χ0) is 18.6. The van der Waals surface area contributed by atoms with E-state index in [-0.39, 0.29) is 19.6 Å². The minimum atomic E-state index is -5.25. The fourth-order valence-corrected chi connectivity index (χ4v) is 4.97. The largest absolute Gasteiger partial charge is 0.490 e. The average Bonchev–Trinajstić information content (AvgIpc) is 2.39. The highest BCUT2D eigenvalue weighted by molar-refractivity contribution is 7.89. The summed E-state index contributed by atoms with van der Waals surface area (Å²) >= 11 is 5.74. The van der Waals surface area contributed by atoms with E-state index in [2.05, 4.69) is 10.1 Å². The Morgan fingerprint density at radius 3 is 2.48 bits per heavy atom. The van der Waals surface area contributed by atoms with Crippen molar-refractivity contribution in [3.8, 4) is 0 Å². The number of hydrogen-bond acceptors (Lipinski definition) is 5. The van der Waals surface area contributed by atoms with E-state index in [1.165, 1.54) is 0 Å². The Hall–Kier alpha value is -1.43. The third kappa shape index (κ3) is 2.98. The highest BCUT2D eigenvalue weighted by Gasteiger charge is 2.64. The van der Waals surface area contributed by atoms with E-state index in [9.17, 15) is 30.8 Å². The van der Waals surface area contributed by atoms with Gasteiger partial charge >= 0.3 is 12.1 Å². The predicted octanol–water partition coefficient (Wildman–Crippen LogP) is 1.50. The molecular weight excluding hydrogens is 392 g/mol. The number of hydrogen-bond donors (Lipinski definition) is 1. The summed E-state index contributed by atoms with van der Waals surface area (Å²) in [5.41, 5.74) is -0.916. The molecule has 1 unspecified atom stereocenters. The Labute approximate surface area is 144 Å². The Morgan fingerprint density at radius 2 is 2.00 bits per heavy atom. The number of ether oxygens (including phenoxy) is 1. The molecule has 3 rings (SSSR count). The van der Waals surface area contributed by atoms with Crippen LogP contribution < -0.4 is 5.32 Å². The summed E-state index contributed by atoms with van der Waals surface area (Å²) in [7, 11) is -4.37. The molecule has 0 radical (unpaired) electrons. The van der Waals surface area contributed by atoms with Gasteiger partial charge in [-0.05, 0) is 18.2 Å². The SMILES string of the molecule is O=C(OC1N(S(=O)(=O)c2ccc(F)cc2Cl)CC12CNC2)C(F)(F)F. The summed E-state index contributed by atoms with van der Waals surface area (Å²) in [5.74, 6) is -3.25. The van der Waals surface area contributed by atoms with E-state index in [1.807, 2.05) is 0 Å². The molecule has 1 aromatic rings. The van der Waals surface area contributed by atoms with Crippen LogP contribution in [0.15, 0.2) is 23.1 Å². The standard InChI is InChI=1S/C13H11ClF4N2O4S/c14-8-3-7(15)1-2-9(8)25(22,23)20-6-12(4-19-5-12)10(20)24-11(21)13(16,17)18/h1-3,10,19H,4-6H2. The molecule has 12 heteroatoms. The lowest BCUT2D eigenvalue weighted by Crippen LogP contribution is -2.78. The van der Waals surface area contributed by atoms with Gasteiger partial charge in [-0.2, -0.15) is 17.5 Å². The van der Waals surface area contributed by atoms with Gasteiger partial charge in [-0.1, -0.05) is 11.6 Å². The smallest absolute Gasteiger partial charge is 0.438 e. The third-order valence-corrected chi connectivity index (χ3v) is 6.42. The van der Waals surface area contributed by atoms with Crippen LogP contribution in [0.25, 0.3) is 0 Å². The summed E-state index contributed by atoms with van der Waals surface area (Å²) in [5, 5.41) is 2.38. The second-order valence-electron chi connectivity index (χ2n) is 5.85. The number of rotatable bonds is 3. The van der Waals surface area contributed by atoms with Gasteiger partial charge in [0.25, 0.3) is 0 Å². The lowest BCUT2D eigenvalue weighted by atomic mass is 9.74.